The minimum absolute atomic E-state index is 0.209. The fourth-order valence-electron chi connectivity index (χ4n) is 3.97. The van der Waals surface area contributed by atoms with Crippen molar-refractivity contribution in [2.24, 2.45) is 7.05 Å². The summed E-state index contributed by atoms with van der Waals surface area (Å²) >= 11 is 0. The maximum atomic E-state index is 13.4. The Morgan fingerprint density at radius 3 is 2.40 bits per heavy atom. The molecule has 152 valence electrons. The highest BCUT2D eigenvalue weighted by atomic mass is 16.3. The van der Waals surface area contributed by atoms with E-state index in [0.717, 1.165) is 22.7 Å². The van der Waals surface area contributed by atoms with Gasteiger partial charge in [-0.1, -0.05) is 30.3 Å². The van der Waals surface area contributed by atoms with Crippen molar-refractivity contribution in [2.45, 2.75) is 26.9 Å². The van der Waals surface area contributed by atoms with Gasteiger partial charge < -0.3 is 8.98 Å². The Kier molecular flexibility index (Phi) is 4.02. The van der Waals surface area contributed by atoms with Crippen molar-refractivity contribution in [2.75, 3.05) is 0 Å². The summed E-state index contributed by atoms with van der Waals surface area (Å²) in [6.07, 6.45) is 1.63. The molecule has 0 unspecified atom stereocenters. The lowest BCUT2D eigenvalue weighted by molar-refractivity contribution is 0.494. The summed E-state index contributed by atoms with van der Waals surface area (Å²) < 4.78 is 12.1. The van der Waals surface area contributed by atoms with Crippen molar-refractivity contribution < 1.29 is 4.42 Å². The van der Waals surface area contributed by atoms with Crippen LogP contribution >= 0.6 is 0 Å². The summed E-state index contributed by atoms with van der Waals surface area (Å²) in [6, 6.07) is 13.2. The summed E-state index contributed by atoms with van der Waals surface area (Å²) in [5, 5.41) is 0. The summed E-state index contributed by atoms with van der Waals surface area (Å²) in [5.41, 5.74) is 2.83. The molecule has 0 radical (unpaired) electrons. The molecule has 0 aliphatic rings. The van der Waals surface area contributed by atoms with Crippen molar-refractivity contribution in [3.63, 3.8) is 0 Å². The van der Waals surface area contributed by atoms with Gasteiger partial charge in [-0.15, -0.1) is 0 Å². The zero-order valence-corrected chi connectivity index (χ0v) is 17.0. The zero-order valence-electron chi connectivity index (χ0n) is 17.0. The predicted molar refractivity (Wildman–Crippen MR) is 113 cm³/mol. The molecular weight excluding hydrogens is 382 g/mol. The standard InChI is InChI=1S/C22H21N5O3/c1-14-15(2)27-18-19(23-21(27)25(14)13-17-10-7-11-30-17)24(3)22(29)26(20(18)28)12-16-8-5-4-6-9-16/h4-11H,12-13H2,1-3H3. The van der Waals surface area contributed by atoms with Gasteiger partial charge in [-0.3, -0.25) is 18.3 Å². The second-order valence-corrected chi connectivity index (χ2v) is 7.47. The van der Waals surface area contributed by atoms with Crippen molar-refractivity contribution in [1.82, 2.24) is 23.1 Å². The average molecular weight is 403 g/mol. The highest BCUT2D eigenvalue weighted by Crippen LogP contribution is 2.22. The van der Waals surface area contributed by atoms with Gasteiger partial charge in [0.05, 0.1) is 19.4 Å². The van der Waals surface area contributed by atoms with Crippen molar-refractivity contribution >= 4 is 16.9 Å². The lowest BCUT2D eigenvalue weighted by atomic mass is 10.2. The number of hydrogen-bond donors (Lipinski definition) is 0. The van der Waals surface area contributed by atoms with E-state index in [0.29, 0.717) is 23.5 Å². The normalized spacial score (nSPS) is 11.7. The van der Waals surface area contributed by atoms with E-state index in [1.54, 1.807) is 13.3 Å². The van der Waals surface area contributed by atoms with Gasteiger partial charge in [0.25, 0.3) is 5.56 Å². The molecule has 0 aliphatic heterocycles. The van der Waals surface area contributed by atoms with Crippen LogP contribution in [0.5, 0.6) is 0 Å². The monoisotopic (exact) mass is 403 g/mol. The second-order valence-electron chi connectivity index (χ2n) is 7.47. The maximum Gasteiger partial charge on any atom is 0.332 e. The fraction of sp³-hybridized carbons (Fsp3) is 0.227. The van der Waals surface area contributed by atoms with Crippen LogP contribution in [0.3, 0.4) is 0 Å². The number of fused-ring (bicyclic) bond motifs is 3. The molecule has 30 heavy (non-hydrogen) atoms. The van der Waals surface area contributed by atoms with Crippen LogP contribution in [-0.2, 0) is 20.1 Å². The summed E-state index contributed by atoms with van der Waals surface area (Å²) in [7, 11) is 1.65. The predicted octanol–water partition coefficient (Wildman–Crippen LogP) is 2.46. The molecule has 8 nitrogen and oxygen atoms in total. The molecule has 0 aliphatic carbocycles. The highest BCUT2D eigenvalue weighted by molar-refractivity contribution is 5.76. The minimum Gasteiger partial charge on any atom is -0.467 e. The van der Waals surface area contributed by atoms with E-state index in [1.807, 2.05) is 65.3 Å². The van der Waals surface area contributed by atoms with E-state index in [2.05, 4.69) is 4.98 Å². The van der Waals surface area contributed by atoms with Crippen LogP contribution in [0.2, 0.25) is 0 Å². The van der Waals surface area contributed by atoms with Crippen LogP contribution < -0.4 is 11.2 Å². The fourth-order valence-corrected chi connectivity index (χ4v) is 3.97. The molecule has 4 aromatic heterocycles. The molecule has 0 saturated carbocycles. The Hall–Kier alpha value is -3.81. The lowest BCUT2D eigenvalue weighted by Gasteiger charge is -2.08. The molecular formula is C22H21N5O3. The Morgan fingerprint density at radius 1 is 0.933 bits per heavy atom. The molecule has 1 aromatic carbocycles. The molecule has 5 rings (SSSR count). The molecule has 0 N–H and O–H groups in total. The summed E-state index contributed by atoms with van der Waals surface area (Å²) in [4.78, 5) is 31.1. The number of aromatic nitrogens is 5. The quantitative estimate of drug-likeness (QED) is 0.462. The van der Waals surface area contributed by atoms with Gasteiger partial charge in [0.1, 0.15) is 5.76 Å². The maximum absolute atomic E-state index is 13.4. The Morgan fingerprint density at radius 2 is 1.70 bits per heavy atom. The topological polar surface area (TPSA) is 79.4 Å². The molecule has 0 fully saturated rings. The van der Waals surface area contributed by atoms with Gasteiger partial charge in [0.15, 0.2) is 11.2 Å². The van der Waals surface area contributed by atoms with Gasteiger partial charge in [-0.25, -0.2) is 4.79 Å². The molecule has 0 amide bonds. The lowest BCUT2D eigenvalue weighted by Crippen LogP contribution is -2.39. The first-order valence-electron chi connectivity index (χ1n) is 9.71. The molecule has 0 saturated heterocycles. The van der Waals surface area contributed by atoms with E-state index in [-0.39, 0.29) is 17.8 Å². The van der Waals surface area contributed by atoms with Gasteiger partial charge in [-0.2, -0.15) is 4.98 Å². The van der Waals surface area contributed by atoms with Gasteiger partial charge in [0, 0.05) is 18.4 Å². The average Bonchev–Trinajstić information content (AvgIpc) is 3.45. The highest BCUT2D eigenvalue weighted by Gasteiger charge is 2.23. The van der Waals surface area contributed by atoms with Gasteiger partial charge >= 0.3 is 5.69 Å². The smallest absolute Gasteiger partial charge is 0.332 e. The molecule has 4 heterocycles. The molecule has 0 bridgehead atoms. The Bertz CT molecular complexity index is 1500. The van der Waals surface area contributed by atoms with E-state index < -0.39 is 0 Å². The molecule has 0 spiro atoms. The number of rotatable bonds is 4. The van der Waals surface area contributed by atoms with Crippen molar-refractivity contribution in [3.05, 3.63) is 92.3 Å². The second kappa shape index (κ2) is 6.62. The number of imidazole rings is 2. The first-order valence-corrected chi connectivity index (χ1v) is 9.71. The van der Waals surface area contributed by atoms with Crippen LogP contribution in [-0.4, -0.2) is 23.1 Å². The van der Waals surface area contributed by atoms with E-state index in [1.165, 1.54) is 9.13 Å². The molecule has 8 heteroatoms. The van der Waals surface area contributed by atoms with Crippen LogP contribution in [0.25, 0.3) is 16.9 Å². The first kappa shape index (κ1) is 18.2. The van der Waals surface area contributed by atoms with Crippen molar-refractivity contribution in [1.29, 1.82) is 0 Å². The number of nitrogens with zero attached hydrogens (tertiary/aromatic N) is 5. The van der Waals surface area contributed by atoms with Crippen LogP contribution in [0.4, 0.5) is 0 Å². The largest absolute Gasteiger partial charge is 0.467 e. The number of benzene rings is 1. The first-order chi connectivity index (χ1) is 14.5. The van der Waals surface area contributed by atoms with Gasteiger partial charge in [0.2, 0.25) is 5.78 Å². The van der Waals surface area contributed by atoms with E-state index in [9.17, 15) is 9.59 Å². The number of aryl methyl sites for hydroxylation is 2. The Balaban J connectivity index is 1.80. The molecule has 5 aromatic rings. The minimum atomic E-state index is -0.385. The van der Waals surface area contributed by atoms with Gasteiger partial charge in [-0.05, 0) is 31.5 Å². The number of hydrogen-bond acceptors (Lipinski definition) is 4. The third-order valence-corrected chi connectivity index (χ3v) is 5.71. The van der Waals surface area contributed by atoms with Crippen LogP contribution in [0.1, 0.15) is 22.7 Å². The van der Waals surface area contributed by atoms with E-state index in [4.69, 9.17) is 4.42 Å². The Labute approximate surface area is 171 Å². The SMILES string of the molecule is Cc1c(C)n2c3c(=O)n(Cc4ccccc4)c(=O)n(C)c3nc2n1Cc1ccco1. The van der Waals surface area contributed by atoms with E-state index >= 15 is 0 Å². The van der Waals surface area contributed by atoms with Crippen LogP contribution in [0, 0.1) is 13.8 Å². The summed E-state index contributed by atoms with van der Waals surface area (Å²) in [5.74, 6) is 1.40. The van der Waals surface area contributed by atoms with Crippen LogP contribution in [0.15, 0.2) is 62.7 Å². The number of furan rings is 1. The molecule has 0 atom stereocenters. The summed E-state index contributed by atoms with van der Waals surface area (Å²) in [6.45, 7) is 4.64. The third kappa shape index (κ3) is 2.57. The zero-order chi connectivity index (χ0) is 21.0. The third-order valence-electron chi connectivity index (χ3n) is 5.71. The van der Waals surface area contributed by atoms with Crippen molar-refractivity contribution in [3.8, 4) is 0 Å².